The van der Waals surface area contributed by atoms with Gasteiger partial charge in [0.15, 0.2) is 0 Å². The minimum Gasteiger partial charge on any atom is -0.372 e. The number of para-hydroxylation sites is 1. The Labute approximate surface area is 173 Å². The van der Waals surface area contributed by atoms with E-state index < -0.39 is 5.82 Å². The molecule has 0 bridgehead atoms. The highest BCUT2D eigenvalue weighted by Gasteiger charge is 2.30. The first-order chi connectivity index (χ1) is 13.9. The summed E-state index contributed by atoms with van der Waals surface area (Å²) < 4.78 is 21.6. The molecule has 0 unspecified atom stereocenters. The first-order valence-corrected chi connectivity index (χ1v) is 9.86. The summed E-state index contributed by atoms with van der Waals surface area (Å²) in [6.07, 6.45) is -0.129. The Kier molecular flexibility index (Phi) is 5.39. The molecule has 1 aliphatic rings. The molecule has 5 nitrogen and oxygen atoms in total. The maximum absolute atomic E-state index is 14.4. The molecule has 29 heavy (non-hydrogen) atoms. The predicted octanol–water partition coefficient (Wildman–Crippen LogP) is 4.58. The van der Waals surface area contributed by atoms with E-state index in [1.165, 1.54) is 10.7 Å². The van der Waals surface area contributed by atoms with Gasteiger partial charge in [0.25, 0.3) is 5.91 Å². The third-order valence-corrected chi connectivity index (χ3v) is 5.19. The number of hydrogen-bond acceptors (Lipinski definition) is 3. The van der Waals surface area contributed by atoms with Crippen LogP contribution >= 0.6 is 11.6 Å². The Morgan fingerprint density at radius 1 is 1.10 bits per heavy atom. The Morgan fingerprint density at radius 3 is 2.45 bits per heavy atom. The number of ether oxygens (including phenoxy) is 1. The van der Waals surface area contributed by atoms with Crippen molar-refractivity contribution in [1.82, 2.24) is 14.7 Å². The number of morpholine rings is 1. The Bertz CT molecular complexity index is 1040. The van der Waals surface area contributed by atoms with Crippen molar-refractivity contribution in [2.45, 2.75) is 26.1 Å². The van der Waals surface area contributed by atoms with Crippen molar-refractivity contribution < 1.29 is 13.9 Å². The minimum atomic E-state index is -0.399. The molecule has 2 heterocycles. The Balaban J connectivity index is 1.82. The maximum atomic E-state index is 14.4. The van der Waals surface area contributed by atoms with Crippen LogP contribution in [0, 0.1) is 5.82 Å². The Morgan fingerprint density at radius 2 is 1.76 bits per heavy atom. The van der Waals surface area contributed by atoms with E-state index in [0.29, 0.717) is 40.8 Å². The summed E-state index contributed by atoms with van der Waals surface area (Å²) in [5.41, 5.74) is 1.60. The van der Waals surface area contributed by atoms with Crippen molar-refractivity contribution >= 4 is 17.5 Å². The molecule has 1 fully saturated rings. The number of aromatic nitrogens is 2. The van der Waals surface area contributed by atoms with E-state index in [2.05, 4.69) is 5.10 Å². The molecule has 2 aromatic carbocycles. The summed E-state index contributed by atoms with van der Waals surface area (Å²) in [6.45, 7) is 4.83. The first-order valence-electron chi connectivity index (χ1n) is 9.48. The molecule has 0 spiro atoms. The lowest BCUT2D eigenvalue weighted by Gasteiger charge is -2.35. The highest BCUT2D eigenvalue weighted by Crippen LogP contribution is 2.28. The van der Waals surface area contributed by atoms with Gasteiger partial charge in [-0.1, -0.05) is 35.9 Å². The quantitative estimate of drug-likeness (QED) is 0.631. The molecule has 1 saturated heterocycles. The number of benzene rings is 2. The molecule has 3 aromatic rings. The normalized spacial score (nSPS) is 19.4. The number of carbonyl (C=O) groups excluding carboxylic acids is 1. The first kappa shape index (κ1) is 19.6. The molecule has 0 N–H and O–H groups in total. The molecule has 150 valence electrons. The molecule has 0 radical (unpaired) electrons. The van der Waals surface area contributed by atoms with Gasteiger partial charge in [-0.25, -0.2) is 9.07 Å². The fourth-order valence-corrected chi connectivity index (χ4v) is 3.86. The average Bonchev–Trinajstić information content (AvgIpc) is 3.12. The van der Waals surface area contributed by atoms with E-state index in [9.17, 15) is 9.18 Å². The van der Waals surface area contributed by atoms with Crippen LogP contribution in [0.25, 0.3) is 16.9 Å². The van der Waals surface area contributed by atoms with Crippen molar-refractivity contribution in [3.05, 3.63) is 71.1 Å². The lowest BCUT2D eigenvalue weighted by molar-refractivity contribution is -0.0588. The highest BCUT2D eigenvalue weighted by atomic mass is 35.5. The van der Waals surface area contributed by atoms with Gasteiger partial charge in [-0.05, 0) is 44.2 Å². The number of rotatable bonds is 3. The molecule has 0 aliphatic carbocycles. The zero-order chi connectivity index (χ0) is 20.5. The summed E-state index contributed by atoms with van der Waals surface area (Å²) in [6, 6.07) is 15.1. The van der Waals surface area contributed by atoms with Gasteiger partial charge in [0.2, 0.25) is 0 Å². The van der Waals surface area contributed by atoms with Gasteiger partial charge >= 0.3 is 0 Å². The van der Waals surface area contributed by atoms with Crippen LogP contribution in [0.3, 0.4) is 0 Å². The third kappa shape index (κ3) is 3.91. The number of amides is 1. The number of carbonyl (C=O) groups is 1. The van der Waals surface area contributed by atoms with Crippen LogP contribution in [-0.4, -0.2) is 45.9 Å². The van der Waals surface area contributed by atoms with Crippen molar-refractivity contribution in [3.63, 3.8) is 0 Å². The Hall–Kier alpha value is -2.70. The minimum absolute atomic E-state index is 0.0644. The van der Waals surface area contributed by atoms with Gasteiger partial charge in [-0.15, -0.1) is 0 Å². The van der Waals surface area contributed by atoms with Crippen LogP contribution < -0.4 is 0 Å². The molecule has 1 aliphatic heterocycles. The summed E-state index contributed by atoms with van der Waals surface area (Å²) in [5.74, 6) is -0.592. The van der Waals surface area contributed by atoms with E-state index in [1.807, 2.05) is 19.9 Å². The number of hydrogen-bond donors (Lipinski definition) is 0. The van der Waals surface area contributed by atoms with E-state index in [0.717, 1.165) is 0 Å². The van der Waals surface area contributed by atoms with E-state index in [1.54, 1.807) is 47.4 Å². The second-order valence-corrected chi connectivity index (χ2v) is 7.63. The lowest BCUT2D eigenvalue weighted by Crippen LogP contribution is -2.48. The second kappa shape index (κ2) is 7.97. The summed E-state index contributed by atoms with van der Waals surface area (Å²) in [7, 11) is 0. The standard InChI is InChI=1S/C22H21ClFN3O2/c1-14-12-26(13-15(2)29-14)22(28)21-11-19(16-7-3-5-9-18(16)24)25-27(21)20-10-6-4-8-17(20)23/h3-11,14-15H,12-13H2,1-2H3/t14-,15+. The van der Waals surface area contributed by atoms with Crippen molar-refractivity contribution in [1.29, 1.82) is 0 Å². The van der Waals surface area contributed by atoms with Crippen molar-refractivity contribution in [2.75, 3.05) is 13.1 Å². The maximum Gasteiger partial charge on any atom is 0.272 e. The van der Waals surface area contributed by atoms with Gasteiger partial charge in [-0.3, -0.25) is 4.79 Å². The molecule has 7 heteroatoms. The molecule has 1 amide bonds. The monoisotopic (exact) mass is 413 g/mol. The van der Waals surface area contributed by atoms with Gasteiger partial charge in [0, 0.05) is 18.7 Å². The SMILES string of the molecule is C[C@@H]1CN(C(=O)c2cc(-c3ccccc3F)nn2-c2ccccc2Cl)C[C@H](C)O1. The van der Waals surface area contributed by atoms with Gasteiger partial charge < -0.3 is 9.64 Å². The largest absolute Gasteiger partial charge is 0.372 e. The van der Waals surface area contributed by atoms with E-state index in [4.69, 9.17) is 16.3 Å². The van der Waals surface area contributed by atoms with Crippen molar-refractivity contribution in [2.24, 2.45) is 0 Å². The van der Waals surface area contributed by atoms with Gasteiger partial charge in [-0.2, -0.15) is 5.10 Å². The van der Waals surface area contributed by atoms with Crippen LogP contribution in [0.1, 0.15) is 24.3 Å². The van der Waals surface area contributed by atoms with Crippen molar-refractivity contribution in [3.8, 4) is 16.9 Å². The fourth-order valence-electron chi connectivity index (χ4n) is 3.65. The third-order valence-electron chi connectivity index (χ3n) is 4.87. The average molecular weight is 414 g/mol. The summed E-state index contributed by atoms with van der Waals surface area (Å²) >= 11 is 6.37. The van der Waals surface area contributed by atoms with Gasteiger partial charge in [0.05, 0.1) is 28.6 Å². The highest BCUT2D eigenvalue weighted by molar-refractivity contribution is 6.32. The van der Waals surface area contributed by atoms with Crippen LogP contribution in [0.5, 0.6) is 0 Å². The topological polar surface area (TPSA) is 47.4 Å². The molecule has 0 saturated carbocycles. The zero-order valence-electron chi connectivity index (χ0n) is 16.2. The van der Waals surface area contributed by atoms with Crippen LogP contribution in [-0.2, 0) is 4.74 Å². The molecular formula is C22H21ClFN3O2. The summed E-state index contributed by atoms with van der Waals surface area (Å²) in [4.78, 5) is 15.1. The summed E-state index contributed by atoms with van der Waals surface area (Å²) in [5, 5.41) is 4.99. The van der Waals surface area contributed by atoms with Crippen LogP contribution in [0.2, 0.25) is 5.02 Å². The smallest absolute Gasteiger partial charge is 0.272 e. The lowest BCUT2D eigenvalue weighted by atomic mass is 10.1. The second-order valence-electron chi connectivity index (χ2n) is 7.23. The van der Waals surface area contributed by atoms with E-state index >= 15 is 0 Å². The predicted molar refractivity (Wildman–Crippen MR) is 110 cm³/mol. The number of halogens is 2. The molecular weight excluding hydrogens is 393 g/mol. The molecule has 2 atom stereocenters. The number of nitrogens with zero attached hydrogens (tertiary/aromatic N) is 3. The molecule has 1 aromatic heterocycles. The van der Waals surface area contributed by atoms with Crippen LogP contribution in [0.4, 0.5) is 4.39 Å². The van der Waals surface area contributed by atoms with Crippen LogP contribution in [0.15, 0.2) is 54.6 Å². The zero-order valence-corrected chi connectivity index (χ0v) is 16.9. The van der Waals surface area contributed by atoms with Gasteiger partial charge in [0.1, 0.15) is 11.5 Å². The van der Waals surface area contributed by atoms with E-state index in [-0.39, 0.29) is 18.1 Å². The fraction of sp³-hybridized carbons (Fsp3) is 0.273. The molecule has 4 rings (SSSR count).